The van der Waals surface area contributed by atoms with Crippen molar-refractivity contribution in [1.29, 1.82) is 0 Å². The zero-order valence-corrected chi connectivity index (χ0v) is 33.0. The van der Waals surface area contributed by atoms with Gasteiger partial charge in [-0.2, -0.15) is 0 Å². The van der Waals surface area contributed by atoms with Gasteiger partial charge in [-0.05, 0) is 116 Å². The van der Waals surface area contributed by atoms with Gasteiger partial charge in [0.2, 0.25) is 11.9 Å². The summed E-state index contributed by atoms with van der Waals surface area (Å²) in [7, 11) is 0. The summed E-state index contributed by atoms with van der Waals surface area (Å²) in [5.41, 5.74) is -0.295. The fraction of sp³-hybridized carbons (Fsp3) is 0.400. The zero-order valence-electron chi connectivity index (χ0n) is 32.2. The molecule has 13 nitrogen and oxygen atoms in total. The van der Waals surface area contributed by atoms with Crippen molar-refractivity contribution < 1.29 is 42.9 Å². The van der Waals surface area contributed by atoms with Crippen LogP contribution in [0.2, 0.25) is 5.02 Å². The molecule has 0 saturated heterocycles. The second kappa shape index (κ2) is 18.6. The van der Waals surface area contributed by atoms with Gasteiger partial charge in [-0.25, -0.2) is 14.4 Å². The van der Waals surface area contributed by atoms with Gasteiger partial charge in [-0.1, -0.05) is 48.0 Å². The molecule has 0 unspecified atom stereocenters. The molecule has 0 aliphatic heterocycles. The number of rotatable bonds is 10. The Bertz CT molecular complexity index is 1820. The Hall–Kier alpha value is -5.43. The molecule has 3 aromatic rings. The first-order valence-electron chi connectivity index (χ1n) is 17.3. The number of ether oxygens (including phenoxy) is 4. The van der Waals surface area contributed by atoms with Crippen molar-refractivity contribution in [3.63, 3.8) is 0 Å². The van der Waals surface area contributed by atoms with Crippen LogP contribution in [0.1, 0.15) is 83.8 Å². The molecule has 0 aliphatic carbocycles. The number of hydrogen-bond donors (Lipinski definition) is 2. The number of hydrogen-bond acceptors (Lipinski definition) is 9. The molecule has 0 fully saturated rings. The van der Waals surface area contributed by atoms with E-state index in [-0.39, 0.29) is 41.2 Å². The summed E-state index contributed by atoms with van der Waals surface area (Å²) < 4.78 is 21.5. The van der Waals surface area contributed by atoms with Crippen molar-refractivity contribution >= 4 is 53.3 Å². The quantitative estimate of drug-likeness (QED) is 0.0687. The van der Waals surface area contributed by atoms with Crippen molar-refractivity contribution in [3.8, 4) is 5.75 Å². The molecule has 0 aliphatic rings. The fourth-order valence-electron chi connectivity index (χ4n) is 4.60. The highest BCUT2D eigenvalue weighted by molar-refractivity contribution is 6.31. The van der Waals surface area contributed by atoms with Crippen LogP contribution in [-0.2, 0) is 36.6 Å². The average molecular weight is 765 g/mol. The van der Waals surface area contributed by atoms with E-state index in [1.54, 1.807) is 68.4 Å². The van der Waals surface area contributed by atoms with Gasteiger partial charge in [0.1, 0.15) is 29.1 Å². The molecule has 0 radical (unpaired) electrons. The summed E-state index contributed by atoms with van der Waals surface area (Å²) in [5.74, 6) is -1.65. The molecule has 3 aromatic carbocycles. The van der Waals surface area contributed by atoms with E-state index in [4.69, 9.17) is 30.5 Å². The van der Waals surface area contributed by atoms with Gasteiger partial charge in [0.15, 0.2) is 0 Å². The normalized spacial score (nSPS) is 11.9. The molecule has 3 rings (SSSR count). The minimum absolute atomic E-state index is 0.0961. The predicted octanol–water partition coefficient (Wildman–Crippen LogP) is 7.74. The van der Waals surface area contributed by atoms with Crippen molar-refractivity contribution in [2.45, 2.75) is 92.0 Å². The number of esters is 2. The first kappa shape index (κ1) is 43.0. The molecule has 0 spiro atoms. The summed E-state index contributed by atoms with van der Waals surface area (Å²) in [5, 5.41) is 5.40. The SMILES string of the molecule is CC(C)(C)OC(=O)CN(CCc1ccccc1)C(=O)Cc1ccc(OC(=O)c2ccc(NC(=NC(=O)OC(C)(C)C)NC(=O)OC(C)(C)C)cc2)cc1Cl. The number of alkyl carbamates (subject to hydrolysis) is 1. The van der Waals surface area contributed by atoms with Gasteiger partial charge >= 0.3 is 24.1 Å². The maximum Gasteiger partial charge on any atom is 0.437 e. The van der Waals surface area contributed by atoms with Crippen LogP contribution < -0.4 is 15.4 Å². The first-order chi connectivity index (χ1) is 25.0. The number of nitrogens with zero attached hydrogens (tertiary/aromatic N) is 2. The van der Waals surface area contributed by atoms with E-state index in [0.717, 1.165) is 5.56 Å². The number of guanidine groups is 1. The Labute approximate surface area is 321 Å². The van der Waals surface area contributed by atoms with E-state index in [1.165, 1.54) is 41.3 Å². The van der Waals surface area contributed by atoms with Crippen molar-refractivity contribution in [3.05, 3.63) is 94.5 Å². The van der Waals surface area contributed by atoms with Crippen LogP contribution in [0.15, 0.2) is 77.8 Å². The minimum Gasteiger partial charge on any atom is -0.459 e. The van der Waals surface area contributed by atoms with Crippen LogP contribution in [0.25, 0.3) is 0 Å². The summed E-state index contributed by atoms with van der Waals surface area (Å²) in [4.78, 5) is 69.2. The second-order valence-corrected chi connectivity index (χ2v) is 15.6. The maximum atomic E-state index is 13.5. The van der Waals surface area contributed by atoms with Crippen LogP contribution in [0.5, 0.6) is 5.75 Å². The summed E-state index contributed by atoms with van der Waals surface area (Å²) in [6, 6.07) is 20.1. The lowest BCUT2D eigenvalue weighted by molar-refractivity contribution is -0.158. The van der Waals surface area contributed by atoms with Gasteiger partial charge in [-0.3, -0.25) is 14.9 Å². The molecule has 14 heteroatoms. The molecular formula is C40H49ClN4O9. The second-order valence-electron chi connectivity index (χ2n) is 15.2. The molecule has 0 heterocycles. The van der Waals surface area contributed by atoms with Crippen LogP contribution in [0, 0.1) is 0 Å². The fourth-order valence-corrected chi connectivity index (χ4v) is 4.83. The topological polar surface area (TPSA) is 162 Å². The summed E-state index contributed by atoms with van der Waals surface area (Å²) in [6.45, 7) is 15.4. The van der Waals surface area contributed by atoms with E-state index < -0.39 is 40.9 Å². The highest BCUT2D eigenvalue weighted by Crippen LogP contribution is 2.25. The number of benzene rings is 3. The molecule has 0 saturated carbocycles. The Morgan fingerprint density at radius 3 is 1.94 bits per heavy atom. The molecule has 3 amide bonds. The van der Waals surface area contributed by atoms with E-state index in [2.05, 4.69) is 15.6 Å². The predicted molar refractivity (Wildman–Crippen MR) is 206 cm³/mol. The lowest BCUT2D eigenvalue weighted by Gasteiger charge is -2.25. The Kier molecular flexibility index (Phi) is 14.8. The number of aliphatic imine (C=N–C) groups is 1. The molecule has 54 heavy (non-hydrogen) atoms. The van der Waals surface area contributed by atoms with E-state index in [0.29, 0.717) is 24.2 Å². The third kappa shape index (κ3) is 16.1. The van der Waals surface area contributed by atoms with Gasteiger partial charge in [-0.15, -0.1) is 4.99 Å². The monoisotopic (exact) mass is 764 g/mol. The lowest BCUT2D eigenvalue weighted by atomic mass is 10.1. The highest BCUT2D eigenvalue weighted by Gasteiger charge is 2.24. The van der Waals surface area contributed by atoms with Crippen LogP contribution in [-0.4, -0.2) is 70.8 Å². The smallest absolute Gasteiger partial charge is 0.437 e. The highest BCUT2D eigenvalue weighted by atomic mass is 35.5. The minimum atomic E-state index is -0.948. The molecule has 0 atom stereocenters. The Morgan fingerprint density at radius 1 is 0.759 bits per heavy atom. The largest absolute Gasteiger partial charge is 0.459 e. The molecule has 2 N–H and O–H groups in total. The van der Waals surface area contributed by atoms with Crippen molar-refractivity contribution in [1.82, 2.24) is 10.2 Å². The number of carbonyl (C=O) groups excluding carboxylic acids is 5. The summed E-state index contributed by atoms with van der Waals surface area (Å²) in [6.07, 6.45) is -1.36. The van der Waals surface area contributed by atoms with Crippen LogP contribution in [0.3, 0.4) is 0 Å². The first-order valence-corrected chi connectivity index (χ1v) is 17.7. The molecular weight excluding hydrogens is 716 g/mol. The van der Waals surface area contributed by atoms with Gasteiger partial charge < -0.3 is 29.2 Å². The van der Waals surface area contributed by atoms with Crippen molar-refractivity contribution in [2.75, 3.05) is 18.4 Å². The molecule has 0 aromatic heterocycles. The van der Waals surface area contributed by atoms with E-state index >= 15 is 0 Å². The Morgan fingerprint density at radius 2 is 1.37 bits per heavy atom. The van der Waals surface area contributed by atoms with Crippen LogP contribution >= 0.6 is 11.6 Å². The zero-order chi connectivity index (χ0) is 40.3. The Balaban J connectivity index is 1.68. The molecule has 290 valence electrons. The lowest BCUT2D eigenvalue weighted by Crippen LogP contribution is -2.40. The number of amides is 3. The van der Waals surface area contributed by atoms with Gasteiger partial charge in [0.25, 0.3) is 0 Å². The maximum absolute atomic E-state index is 13.5. The standard InChI is InChI=1S/C40H49ClN4O9/c1-38(2,3)52-33(47)25-45(22-21-26-13-11-10-12-14-26)32(46)23-28-17-20-30(24-31(28)41)51-34(48)27-15-18-29(19-16-27)42-35(43-36(49)53-39(4,5)6)44-37(50)54-40(7,8)9/h10-20,24H,21-23,25H2,1-9H3,(H2,42,43,44,49,50). The van der Waals surface area contributed by atoms with Gasteiger partial charge in [0.05, 0.1) is 12.0 Å². The van der Waals surface area contributed by atoms with Gasteiger partial charge in [0, 0.05) is 17.3 Å². The third-order valence-corrected chi connectivity index (χ3v) is 7.13. The molecule has 0 bridgehead atoms. The number of anilines is 1. The number of carbonyl (C=O) groups is 5. The van der Waals surface area contributed by atoms with Crippen LogP contribution in [0.4, 0.5) is 15.3 Å². The van der Waals surface area contributed by atoms with E-state index in [1.807, 2.05) is 30.3 Å². The summed E-state index contributed by atoms with van der Waals surface area (Å²) >= 11 is 6.54. The number of nitrogens with one attached hydrogen (secondary N) is 2. The average Bonchev–Trinajstić information content (AvgIpc) is 3.02. The van der Waals surface area contributed by atoms with E-state index in [9.17, 15) is 24.0 Å². The number of halogens is 1. The van der Waals surface area contributed by atoms with Crippen molar-refractivity contribution in [2.24, 2.45) is 4.99 Å². The third-order valence-electron chi connectivity index (χ3n) is 6.78.